The van der Waals surface area contributed by atoms with Gasteiger partial charge in [0.15, 0.2) is 5.13 Å². The number of anilines is 1. The summed E-state index contributed by atoms with van der Waals surface area (Å²) in [5, 5.41) is 2.64. The second-order valence-electron chi connectivity index (χ2n) is 5.71. The zero-order chi connectivity index (χ0) is 17.1. The highest BCUT2D eigenvalue weighted by Crippen LogP contribution is 2.36. The standard InChI is InChI=1S/C17H20N2O3S2/c1-3-22-16(21)15-11(2)18-17(24-15)19(12-6-7-12)14(20)9-8-13-5-4-10-23-13/h4-5,10,12H,3,6-9H2,1-2H3. The molecule has 2 aromatic heterocycles. The van der Waals surface area contributed by atoms with Gasteiger partial charge in [0.1, 0.15) is 4.88 Å². The summed E-state index contributed by atoms with van der Waals surface area (Å²) in [6.07, 6.45) is 3.20. The molecule has 3 rings (SSSR count). The van der Waals surface area contributed by atoms with E-state index in [0.717, 1.165) is 19.3 Å². The molecule has 2 heterocycles. The minimum Gasteiger partial charge on any atom is -0.462 e. The summed E-state index contributed by atoms with van der Waals surface area (Å²) < 4.78 is 5.06. The number of esters is 1. The number of amides is 1. The minimum absolute atomic E-state index is 0.0788. The molecule has 0 saturated heterocycles. The monoisotopic (exact) mass is 364 g/mol. The number of thiazole rings is 1. The SMILES string of the molecule is CCOC(=O)c1sc(N(C(=O)CCc2cccs2)C2CC2)nc1C. The Morgan fingerprint density at radius 1 is 1.42 bits per heavy atom. The number of carbonyl (C=O) groups excluding carboxylic acids is 2. The molecule has 0 atom stereocenters. The van der Waals surface area contributed by atoms with Crippen molar-refractivity contribution in [3.8, 4) is 0 Å². The average Bonchev–Trinajstić information content (AvgIpc) is 3.09. The molecule has 1 amide bonds. The molecular weight excluding hydrogens is 344 g/mol. The van der Waals surface area contributed by atoms with Gasteiger partial charge in [0.25, 0.3) is 0 Å². The number of nitrogens with zero attached hydrogens (tertiary/aromatic N) is 2. The number of aromatic nitrogens is 1. The third-order valence-electron chi connectivity index (χ3n) is 3.80. The summed E-state index contributed by atoms with van der Waals surface area (Å²) >= 11 is 2.93. The lowest BCUT2D eigenvalue weighted by Crippen LogP contribution is -2.33. The van der Waals surface area contributed by atoms with Gasteiger partial charge in [-0.05, 0) is 44.6 Å². The third-order valence-corrected chi connectivity index (χ3v) is 5.87. The van der Waals surface area contributed by atoms with Crippen molar-refractivity contribution in [3.63, 3.8) is 0 Å². The number of ether oxygens (including phenoxy) is 1. The fourth-order valence-corrected chi connectivity index (χ4v) is 4.23. The van der Waals surface area contributed by atoms with Crippen molar-refractivity contribution in [1.29, 1.82) is 0 Å². The molecule has 0 unspecified atom stereocenters. The predicted molar refractivity (Wildman–Crippen MR) is 96.0 cm³/mol. The van der Waals surface area contributed by atoms with Crippen molar-refractivity contribution in [3.05, 3.63) is 33.0 Å². The van der Waals surface area contributed by atoms with Gasteiger partial charge in [-0.25, -0.2) is 9.78 Å². The zero-order valence-electron chi connectivity index (χ0n) is 13.8. The molecule has 1 aliphatic rings. The Bertz CT molecular complexity index is 720. The molecule has 0 spiro atoms. The molecule has 2 aromatic rings. The first-order valence-electron chi connectivity index (χ1n) is 8.09. The molecule has 1 saturated carbocycles. The van der Waals surface area contributed by atoms with Gasteiger partial charge in [0, 0.05) is 17.3 Å². The summed E-state index contributed by atoms with van der Waals surface area (Å²) in [6.45, 7) is 3.89. The molecule has 0 bridgehead atoms. The summed E-state index contributed by atoms with van der Waals surface area (Å²) in [7, 11) is 0. The third kappa shape index (κ3) is 3.84. The molecule has 0 N–H and O–H groups in total. The van der Waals surface area contributed by atoms with Gasteiger partial charge in [-0.3, -0.25) is 9.69 Å². The molecule has 1 aliphatic carbocycles. The zero-order valence-corrected chi connectivity index (χ0v) is 15.4. The summed E-state index contributed by atoms with van der Waals surface area (Å²) in [4.78, 5) is 32.7. The van der Waals surface area contributed by atoms with Gasteiger partial charge in [-0.15, -0.1) is 11.3 Å². The van der Waals surface area contributed by atoms with Gasteiger partial charge < -0.3 is 4.74 Å². The van der Waals surface area contributed by atoms with Crippen LogP contribution in [0, 0.1) is 6.92 Å². The van der Waals surface area contributed by atoms with Crippen molar-refractivity contribution in [2.24, 2.45) is 0 Å². The fraction of sp³-hybridized carbons (Fsp3) is 0.471. The molecule has 24 heavy (non-hydrogen) atoms. The summed E-state index contributed by atoms with van der Waals surface area (Å²) in [5.41, 5.74) is 0.630. The molecule has 0 radical (unpaired) electrons. The van der Waals surface area contributed by atoms with Crippen LogP contribution in [0.5, 0.6) is 0 Å². The molecule has 0 aliphatic heterocycles. The Morgan fingerprint density at radius 2 is 2.21 bits per heavy atom. The smallest absolute Gasteiger partial charge is 0.350 e. The maximum Gasteiger partial charge on any atom is 0.350 e. The van der Waals surface area contributed by atoms with E-state index in [1.807, 2.05) is 17.5 Å². The Kier molecular flexibility index (Phi) is 5.30. The maximum atomic E-state index is 12.7. The van der Waals surface area contributed by atoms with Gasteiger partial charge in [-0.1, -0.05) is 17.4 Å². The van der Waals surface area contributed by atoms with E-state index in [4.69, 9.17) is 4.74 Å². The lowest BCUT2D eigenvalue weighted by atomic mass is 10.2. The Labute approximate surface area is 149 Å². The maximum absolute atomic E-state index is 12.7. The van der Waals surface area contributed by atoms with Gasteiger partial charge in [-0.2, -0.15) is 0 Å². The molecule has 5 nitrogen and oxygen atoms in total. The van der Waals surface area contributed by atoms with E-state index >= 15 is 0 Å². The second-order valence-corrected chi connectivity index (χ2v) is 7.72. The first-order valence-corrected chi connectivity index (χ1v) is 9.78. The largest absolute Gasteiger partial charge is 0.462 e. The highest BCUT2D eigenvalue weighted by atomic mass is 32.1. The van der Waals surface area contributed by atoms with E-state index in [9.17, 15) is 9.59 Å². The number of rotatable bonds is 7. The lowest BCUT2D eigenvalue weighted by Gasteiger charge is -2.19. The number of hydrogen-bond acceptors (Lipinski definition) is 6. The van der Waals surface area contributed by atoms with Crippen LogP contribution < -0.4 is 4.90 Å². The van der Waals surface area contributed by atoms with Gasteiger partial charge >= 0.3 is 5.97 Å². The quantitative estimate of drug-likeness (QED) is 0.701. The van der Waals surface area contributed by atoms with Crippen LogP contribution in [0.4, 0.5) is 5.13 Å². The topological polar surface area (TPSA) is 59.5 Å². The molecule has 128 valence electrons. The fourth-order valence-electron chi connectivity index (χ4n) is 2.48. The molecule has 0 aromatic carbocycles. The van der Waals surface area contributed by atoms with Crippen LogP contribution in [0.25, 0.3) is 0 Å². The summed E-state index contributed by atoms with van der Waals surface area (Å²) in [6, 6.07) is 4.27. The van der Waals surface area contributed by atoms with Crippen LogP contribution in [0.2, 0.25) is 0 Å². The van der Waals surface area contributed by atoms with Crippen LogP contribution in [0.3, 0.4) is 0 Å². The highest BCUT2D eigenvalue weighted by molar-refractivity contribution is 7.17. The first kappa shape index (κ1) is 17.1. The van der Waals surface area contributed by atoms with Crippen LogP contribution in [0.15, 0.2) is 17.5 Å². The van der Waals surface area contributed by atoms with E-state index in [1.165, 1.54) is 16.2 Å². The molecule has 1 fully saturated rings. The molecular formula is C17H20N2O3S2. The Morgan fingerprint density at radius 3 is 2.83 bits per heavy atom. The first-order chi connectivity index (χ1) is 11.6. The van der Waals surface area contributed by atoms with Crippen LogP contribution in [0.1, 0.15) is 46.4 Å². The molecule has 7 heteroatoms. The Hall–Kier alpha value is -1.73. The number of carbonyl (C=O) groups is 2. The van der Waals surface area contributed by atoms with Crippen LogP contribution in [-0.4, -0.2) is 29.5 Å². The van der Waals surface area contributed by atoms with Gasteiger partial charge in [0.05, 0.1) is 12.3 Å². The van der Waals surface area contributed by atoms with Crippen molar-refractivity contribution in [2.75, 3.05) is 11.5 Å². The highest BCUT2D eigenvalue weighted by Gasteiger charge is 2.36. The average molecular weight is 364 g/mol. The lowest BCUT2D eigenvalue weighted by molar-refractivity contribution is -0.118. The van der Waals surface area contributed by atoms with Crippen molar-refractivity contribution in [1.82, 2.24) is 4.98 Å². The van der Waals surface area contributed by atoms with Gasteiger partial charge in [0.2, 0.25) is 5.91 Å². The van der Waals surface area contributed by atoms with Crippen molar-refractivity contribution >= 4 is 39.7 Å². The van der Waals surface area contributed by atoms with E-state index in [1.54, 1.807) is 30.1 Å². The number of thiophene rings is 1. The summed E-state index contributed by atoms with van der Waals surface area (Å²) in [5.74, 6) is -0.282. The van der Waals surface area contributed by atoms with E-state index in [2.05, 4.69) is 4.98 Å². The van der Waals surface area contributed by atoms with Crippen molar-refractivity contribution < 1.29 is 14.3 Å². The normalized spacial score (nSPS) is 13.8. The van der Waals surface area contributed by atoms with Crippen LogP contribution in [-0.2, 0) is 16.0 Å². The predicted octanol–water partition coefficient (Wildman–Crippen LogP) is 3.82. The number of aryl methyl sites for hydroxylation is 2. The van der Waals surface area contributed by atoms with E-state index < -0.39 is 0 Å². The Balaban J connectivity index is 1.74. The van der Waals surface area contributed by atoms with Crippen molar-refractivity contribution in [2.45, 2.75) is 45.6 Å². The van der Waals surface area contributed by atoms with E-state index in [-0.39, 0.29) is 17.9 Å². The van der Waals surface area contributed by atoms with Crippen LogP contribution >= 0.6 is 22.7 Å². The van der Waals surface area contributed by atoms with E-state index in [0.29, 0.717) is 28.7 Å². The minimum atomic E-state index is -0.361. The second kappa shape index (κ2) is 7.44. The number of hydrogen-bond donors (Lipinski definition) is 0.